The fourth-order valence-electron chi connectivity index (χ4n) is 2.95. The minimum Gasteiger partial charge on any atom is -0.497 e. The van der Waals surface area contributed by atoms with E-state index in [9.17, 15) is 9.90 Å². The quantitative estimate of drug-likeness (QED) is 0.855. The minimum absolute atomic E-state index is 0.345. The summed E-state index contributed by atoms with van der Waals surface area (Å²) in [7, 11) is 3.60. The smallest absolute Gasteiger partial charge is 0.337 e. The fraction of sp³-hybridized carbons (Fsp3) is 0.562. The van der Waals surface area contributed by atoms with Crippen molar-refractivity contribution in [1.29, 1.82) is 0 Å². The lowest BCUT2D eigenvalue weighted by atomic mass is 10.0. The van der Waals surface area contributed by atoms with E-state index in [2.05, 4.69) is 4.90 Å². The summed E-state index contributed by atoms with van der Waals surface area (Å²) >= 11 is 0. The molecule has 0 unspecified atom stereocenters. The van der Waals surface area contributed by atoms with Crippen LogP contribution in [0.2, 0.25) is 0 Å². The van der Waals surface area contributed by atoms with Gasteiger partial charge in [-0.1, -0.05) is 25.7 Å². The van der Waals surface area contributed by atoms with Crippen molar-refractivity contribution >= 4 is 11.7 Å². The lowest BCUT2D eigenvalue weighted by Crippen LogP contribution is -2.32. The van der Waals surface area contributed by atoms with Crippen molar-refractivity contribution in [2.45, 2.75) is 44.6 Å². The molecule has 1 saturated carbocycles. The molecule has 1 aromatic carbocycles. The number of hydrogen-bond donors (Lipinski definition) is 1. The number of carboxylic acids is 1. The molecule has 0 aromatic heterocycles. The number of rotatable bonds is 4. The molecule has 20 heavy (non-hydrogen) atoms. The van der Waals surface area contributed by atoms with Crippen LogP contribution >= 0.6 is 0 Å². The van der Waals surface area contributed by atoms with Gasteiger partial charge in [0.1, 0.15) is 5.75 Å². The summed E-state index contributed by atoms with van der Waals surface area (Å²) in [5, 5.41) is 9.36. The number of nitrogens with zero attached hydrogens (tertiary/aromatic N) is 1. The van der Waals surface area contributed by atoms with Crippen LogP contribution in [-0.4, -0.2) is 31.3 Å². The Morgan fingerprint density at radius 2 is 1.90 bits per heavy atom. The molecule has 0 heterocycles. The highest BCUT2D eigenvalue weighted by molar-refractivity contribution is 5.94. The standard InChI is InChI=1S/C16H23NO3/c1-17(12-7-5-3-4-6-8-12)15-11-13(20-2)9-10-14(15)16(18)19/h9-12H,3-8H2,1-2H3,(H,18,19). The van der Waals surface area contributed by atoms with E-state index in [0.29, 0.717) is 17.4 Å². The molecule has 4 heteroatoms. The molecule has 2 rings (SSSR count). The Morgan fingerprint density at radius 1 is 1.25 bits per heavy atom. The van der Waals surface area contributed by atoms with E-state index >= 15 is 0 Å². The van der Waals surface area contributed by atoms with Crippen molar-refractivity contribution in [3.8, 4) is 5.75 Å². The molecule has 4 nitrogen and oxygen atoms in total. The van der Waals surface area contributed by atoms with Gasteiger partial charge in [0, 0.05) is 19.2 Å². The molecule has 1 fully saturated rings. The molecule has 1 aliphatic rings. The zero-order valence-electron chi connectivity index (χ0n) is 12.3. The molecule has 0 saturated heterocycles. The first kappa shape index (κ1) is 14.7. The topological polar surface area (TPSA) is 49.8 Å². The van der Waals surface area contributed by atoms with Crippen molar-refractivity contribution in [2.75, 3.05) is 19.1 Å². The summed E-state index contributed by atoms with van der Waals surface area (Å²) in [6.07, 6.45) is 7.28. The first-order chi connectivity index (χ1) is 9.63. The van der Waals surface area contributed by atoms with Gasteiger partial charge in [-0.3, -0.25) is 0 Å². The van der Waals surface area contributed by atoms with Gasteiger partial charge in [0.2, 0.25) is 0 Å². The lowest BCUT2D eigenvalue weighted by molar-refractivity contribution is 0.0697. The zero-order valence-corrected chi connectivity index (χ0v) is 12.3. The number of anilines is 1. The van der Waals surface area contributed by atoms with Crippen LogP contribution in [0.4, 0.5) is 5.69 Å². The van der Waals surface area contributed by atoms with Gasteiger partial charge in [0.15, 0.2) is 0 Å². The number of carbonyl (C=O) groups is 1. The summed E-state index contributed by atoms with van der Waals surface area (Å²) < 4.78 is 5.23. The average molecular weight is 277 g/mol. The highest BCUT2D eigenvalue weighted by Crippen LogP contribution is 2.30. The molecule has 0 spiro atoms. The SMILES string of the molecule is COc1ccc(C(=O)O)c(N(C)C2CCCCCC2)c1. The summed E-state index contributed by atoms with van der Waals surface area (Å²) in [6, 6.07) is 5.58. The maximum absolute atomic E-state index is 11.4. The number of ether oxygens (including phenoxy) is 1. The molecule has 1 N–H and O–H groups in total. The Labute approximate surface area is 120 Å². The van der Waals surface area contributed by atoms with E-state index in [-0.39, 0.29) is 0 Å². The fourth-order valence-corrected chi connectivity index (χ4v) is 2.95. The van der Waals surface area contributed by atoms with Crippen molar-refractivity contribution in [2.24, 2.45) is 0 Å². The van der Waals surface area contributed by atoms with Crippen molar-refractivity contribution in [1.82, 2.24) is 0 Å². The molecule has 0 atom stereocenters. The average Bonchev–Trinajstić information content (AvgIpc) is 2.74. The van der Waals surface area contributed by atoms with Gasteiger partial charge in [-0.05, 0) is 25.0 Å². The van der Waals surface area contributed by atoms with Gasteiger partial charge in [0.25, 0.3) is 0 Å². The van der Waals surface area contributed by atoms with Crippen LogP contribution in [0.5, 0.6) is 5.75 Å². The normalized spacial score (nSPS) is 16.5. The van der Waals surface area contributed by atoms with Crippen LogP contribution in [0.1, 0.15) is 48.9 Å². The summed E-state index contributed by atoms with van der Waals surface area (Å²) in [5.41, 5.74) is 1.10. The highest BCUT2D eigenvalue weighted by Gasteiger charge is 2.22. The Balaban J connectivity index is 2.30. The molecule has 110 valence electrons. The van der Waals surface area contributed by atoms with E-state index in [1.54, 1.807) is 19.2 Å². The van der Waals surface area contributed by atoms with Crippen LogP contribution in [0.15, 0.2) is 18.2 Å². The van der Waals surface area contributed by atoms with E-state index in [1.165, 1.54) is 25.7 Å². The second-order valence-electron chi connectivity index (χ2n) is 5.44. The Bertz CT molecular complexity index is 465. The van der Waals surface area contributed by atoms with Gasteiger partial charge in [-0.15, -0.1) is 0 Å². The first-order valence-corrected chi connectivity index (χ1v) is 7.27. The first-order valence-electron chi connectivity index (χ1n) is 7.27. The van der Waals surface area contributed by atoms with Crippen molar-refractivity contribution in [3.63, 3.8) is 0 Å². The van der Waals surface area contributed by atoms with Gasteiger partial charge in [0.05, 0.1) is 18.4 Å². The van der Waals surface area contributed by atoms with Crippen LogP contribution in [-0.2, 0) is 0 Å². The van der Waals surface area contributed by atoms with Gasteiger partial charge in [-0.25, -0.2) is 4.79 Å². The van der Waals surface area contributed by atoms with E-state index < -0.39 is 5.97 Å². The van der Waals surface area contributed by atoms with E-state index in [1.807, 2.05) is 13.1 Å². The Kier molecular flexibility index (Phi) is 4.88. The number of carboxylic acid groups (broad SMARTS) is 1. The van der Waals surface area contributed by atoms with E-state index in [0.717, 1.165) is 18.5 Å². The third kappa shape index (κ3) is 3.24. The van der Waals surface area contributed by atoms with Crippen LogP contribution in [0.3, 0.4) is 0 Å². The third-order valence-electron chi connectivity index (χ3n) is 4.19. The summed E-state index contributed by atoms with van der Waals surface area (Å²) in [6.45, 7) is 0. The van der Waals surface area contributed by atoms with Crippen LogP contribution < -0.4 is 9.64 Å². The Hall–Kier alpha value is -1.71. The molecule has 0 amide bonds. The second kappa shape index (κ2) is 6.64. The second-order valence-corrected chi connectivity index (χ2v) is 5.44. The Morgan fingerprint density at radius 3 is 2.45 bits per heavy atom. The molecule has 0 bridgehead atoms. The minimum atomic E-state index is -0.886. The predicted octanol–water partition coefficient (Wildman–Crippen LogP) is 3.55. The van der Waals surface area contributed by atoms with Crippen LogP contribution in [0, 0.1) is 0 Å². The number of aromatic carboxylic acids is 1. The van der Waals surface area contributed by atoms with Gasteiger partial charge >= 0.3 is 5.97 Å². The number of hydrogen-bond acceptors (Lipinski definition) is 3. The van der Waals surface area contributed by atoms with Gasteiger partial charge in [-0.2, -0.15) is 0 Å². The number of benzene rings is 1. The van der Waals surface area contributed by atoms with Crippen molar-refractivity contribution < 1.29 is 14.6 Å². The maximum atomic E-state index is 11.4. The molecule has 0 radical (unpaired) electrons. The highest BCUT2D eigenvalue weighted by atomic mass is 16.5. The maximum Gasteiger partial charge on any atom is 0.337 e. The third-order valence-corrected chi connectivity index (χ3v) is 4.19. The summed E-state index contributed by atoms with van der Waals surface area (Å²) in [4.78, 5) is 13.5. The predicted molar refractivity (Wildman–Crippen MR) is 79.8 cm³/mol. The molecule has 1 aliphatic carbocycles. The lowest BCUT2D eigenvalue weighted by Gasteiger charge is -2.30. The molecular weight excluding hydrogens is 254 g/mol. The van der Waals surface area contributed by atoms with E-state index in [4.69, 9.17) is 4.74 Å². The monoisotopic (exact) mass is 277 g/mol. The molecular formula is C16H23NO3. The van der Waals surface area contributed by atoms with Crippen molar-refractivity contribution in [3.05, 3.63) is 23.8 Å². The van der Waals surface area contributed by atoms with Gasteiger partial charge < -0.3 is 14.7 Å². The molecule has 1 aromatic rings. The van der Waals surface area contributed by atoms with Crippen LogP contribution in [0.25, 0.3) is 0 Å². The molecule has 0 aliphatic heterocycles. The zero-order chi connectivity index (χ0) is 14.5. The number of methoxy groups -OCH3 is 1. The summed E-state index contributed by atoms with van der Waals surface area (Å²) in [5.74, 6) is -0.186. The largest absolute Gasteiger partial charge is 0.497 e.